The Balaban J connectivity index is 1.16. The van der Waals surface area contributed by atoms with Gasteiger partial charge >= 0.3 is 0 Å². The van der Waals surface area contributed by atoms with E-state index in [1.54, 1.807) is 23.4 Å². The highest BCUT2D eigenvalue weighted by molar-refractivity contribution is 6.30. The monoisotopic (exact) mass is 530 g/mol. The van der Waals surface area contributed by atoms with Gasteiger partial charge in [0.25, 0.3) is 0 Å². The molecule has 6 rings (SSSR count). The van der Waals surface area contributed by atoms with Gasteiger partial charge in [0.2, 0.25) is 0 Å². The molecule has 1 aliphatic carbocycles. The Morgan fingerprint density at radius 1 is 1.16 bits per heavy atom. The van der Waals surface area contributed by atoms with E-state index in [0.29, 0.717) is 42.3 Å². The second-order valence-electron chi connectivity index (χ2n) is 11.0. The lowest BCUT2D eigenvalue weighted by molar-refractivity contribution is 0.0714. The Bertz CT molecular complexity index is 1640. The van der Waals surface area contributed by atoms with Crippen LogP contribution < -0.4 is 0 Å². The van der Waals surface area contributed by atoms with Crippen molar-refractivity contribution in [3.8, 4) is 0 Å². The summed E-state index contributed by atoms with van der Waals surface area (Å²) in [6.07, 6.45) is 16.0. The average Bonchev–Trinajstić information content (AvgIpc) is 3.28. The van der Waals surface area contributed by atoms with Crippen LogP contribution in [0.4, 0.5) is 0 Å². The SMILES string of the molecule is CC(C)(O)CCc1cc(C2CC2)cn2cc(Cn3cc(C(=O)CCc4ncn5ccc(Cl)cc45)cn3)nc12. The van der Waals surface area contributed by atoms with Crippen molar-refractivity contribution in [2.75, 3.05) is 0 Å². The minimum absolute atomic E-state index is 0.0254. The van der Waals surface area contributed by atoms with Crippen LogP contribution in [0.5, 0.6) is 0 Å². The average molecular weight is 531 g/mol. The number of Topliss-reactive ketones (excluding diaryl/α,β-unsaturated/α-hetero) is 1. The Labute approximate surface area is 225 Å². The Morgan fingerprint density at radius 2 is 2.00 bits per heavy atom. The van der Waals surface area contributed by atoms with Crippen LogP contribution >= 0.6 is 11.6 Å². The van der Waals surface area contributed by atoms with Crippen molar-refractivity contribution in [3.05, 3.63) is 88.6 Å². The molecule has 0 spiro atoms. The van der Waals surface area contributed by atoms with Crippen molar-refractivity contribution in [2.45, 2.75) is 70.4 Å². The second-order valence-corrected chi connectivity index (χ2v) is 11.5. The molecule has 1 fully saturated rings. The fourth-order valence-corrected chi connectivity index (χ4v) is 5.09. The smallest absolute Gasteiger partial charge is 0.166 e. The molecular weight excluding hydrogens is 500 g/mol. The Morgan fingerprint density at radius 3 is 2.79 bits per heavy atom. The van der Waals surface area contributed by atoms with Gasteiger partial charge in [-0.1, -0.05) is 17.7 Å². The number of hydrogen-bond donors (Lipinski definition) is 1. The number of hydrogen-bond acceptors (Lipinski definition) is 5. The quantitative estimate of drug-likeness (QED) is 0.248. The summed E-state index contributed by atoms with van der Waals surface area (Å²) in [5.74, 6) is 0.653. The van der Waals surface area contributed by atoms with Crippen molar-refractivity contribution in [1.29, 1.82) is 0 Å². The maximum atomic E-state index is 12.9. The minimum Gasteiger partial charge on any atom is -0.390 e. The van der Waals surface area contributed by atoms with E-state index in [0.717, 1.165) is 34.5 Å². The normalized spacial score (nSPS) is 14.1. The van der Waals surface area contributed by atoms with E-state index in [4.69, 9.17) is 16.6 Å². The predicted octanol–water partition coefficient (Wildman–Crippen LogP) is 5.28. The molecule has 5 aromatic rings. The molecule has 0 saturated heterocycles. The molecule has 196 valence electrons. The van der Waals surface area contributed by atoms with Crippen LogP contribution in [-0.4, -0.2) is 45.0 Å². The summed E-state index contributed by atoms with van der Waals surface area (Å²) in [5, 5.41) is 15.3. The van der Waals surface area contributed by atoms with Crippen LogP contribution in [0.3, 0.4) is 0 Å². The summed E-state index contributed by atoms with van der Waals surface area (Å²) in [5.41, 5.74) is 5.92. The van der Waals surface area contributed by atoms with E-state index < -0.39 is 5.60 Å². The molecule has 0 aliphatic heterocycles. The highest BCUT2D eigenvalue weighted by Gasteiger charge is 2.25. The third-order valence-corrected chi connectivity index (χ3v) is 7.44. The van der Waals surface area contributed by atoms with Crippen molar-refractivity contribution in [1.82, 2.24) is 28.5 Å². The maximum absolute atomic E-state index is 12.9. The molecule has 1 saturated carbocycles. The topological polar surface area (TPSA) is 89.7 Å². The van der Waals surface area contributed by atoms with Crippen molar-refractivity contribution in [3.63, 3.8) is 0 Å². The molecule has 0 amide bonds. The Hall–Kier alpha value is -3.49. The van der Waals surface area contributed by atoms with Gasteiger partial charge in [0, 0.05) is 36.2 Å². The third kappa shape index (κ3) is 5.37. The first-order valence-electron chi connectivity index (χ1n) is 13.1. The standard InChI is InChI=1S/C29H31ClN6O2/c1-29(2,38)9-7-20-11-21(19-3-4-19)14-35-16-24(33-28(20)35)17-36-15-22(13-32-36)27(37)6-5-25-26-12-23(30)8-10-34(26)18-31-25/h8,10-16,18-19,38H,3-7,9,17H2,1-2H3. The number of aromatic nitrogens is 6. The van der Waals surface area contributed by atoms with Crippen molar-refractivity contribution < 1.29 is 9.90 Å². The molecule has 0 bridgehead atoms. The van der Waals surface area contributed by atoms with Crippen molar-refractivity contribution in [2.24, 2.45) is 0 Å². The van der Waals surface area contributed by atoms with Crippen LogP contribution in [0, 0.1) is 0 Å². The fraction of sp³-hybridized carbons (Fsp3) is 0.379. The first kappa shape index (κ1) is 24.8. The van der Waals surface area contributed by atoms with Gasteiger partial charge in [-0.05, 0) is 75.1 Å². The zero-order valence-corrected chi connectivity index (χ0v) is 22.4. The highest BCUT2D eigenvalue weighted by Crippen LogP contribution is 2.40. The first-order valence-corrected chi connectivity index (χ1v) is 13.5. The van der Waals surface area contributed by atoms with Crippen LogP contribution in [-0.2, 0) is 19.4 Å². The summed E-state index contributed by atoms with van der Waals surface area (Å²) in [4.78, 5) is 22.2. The van der Waals surface area contributed by atoms with E-state index in [9.17, 15) is 9.90 Å². The maximum Gasteiger partial charge on any atom is 0.166 e. The Kier molecular flexibility index (Phi) is 6.32. The van der Waals surface area contributed by atoms with E-state index in [1.165, 1.54) is 18.4 Å². The van der Waals surface area contributed by atoms with Crippen LogP contribution in [0.25, 0.3) is 11.2 Å². The number of aliphatic hydroxyl groups is 1. The summed E-state index contributed by atoms with van der Waals surface area (Å²) in [6.45, 7) is 4.16. The van der Waals surface area contributed by atoms with Gasteiger partial charge < -0.3 is 13.9 Å². The number of halogens is 1. The fourth-order valence-electron chi connectivity index (χ4n) is 4.93. The molecule has 1 N–H and O–H groups in total. The number of nitrogens with zero attached hydrogens (tertiary/aromatic N) is 6. The lowest BCUT2D eigenvalue weighted by atomic mass is 9.98. The highest BCUT2D eigenvalue weighted by atomic mass is 35.5. The van der Waals surface area contributed by atoms with Gasteiger partial charge in [0.1, 0.15) is 5.65 Å². The lowest BCUT2D eigenvalue weighted by Gasteiger charge is -2.17. The molecular formula is C29H31ClN6O2. The van der Waals surface area contributed by atoms with Gasteiger partial charge in [-0.2, -0.15) is 5.10 Å². The molecule has 0 aromatic carbocycles. The number of fused-ring (bicyclic) bond motifs is 2. The minimum atomic E-state index is -0.724. The number of rotatable bonds is 10. The molecule has 5 aromatic heterocycles. The third-order valence-electron chi connectivity index (χ3n) is 7.20. The van der Waals surface area contributed by atoms with E-state index in [2.05, 4.69) is 26.7 Å². The molecule has 0 atom stereocenters. The zero-order chi connectivity index (χ0) is 26.4. The van der Waals surface area contributed by atoms with E-state index in [-0.39, 0.29) is 5.78 Å². The zero-order valence-electron chi connectivity index (χ0n) is 21.6. The number of imidazole rings is 2. The van der Waals surface area contributed by atoms with Crippen LogP contribution in [0.15, 0.2) is 55.5 Å². The van der Waals surface area contributed by atoms with Crippen LogP contribution in [0.2, 0.25) is 5.02 Å². The van der Waals surface area contributed by atoms with Crippen molar-refractivity contribution >= 4 is 28.5 Å². The number of ketones is 1. The van der Waals surface area contributed by atoms with Gasteiger partial charge in [-0.3, -0.25) is 9.48 Å². The molecule has 9 heteroatoms. The molecule has 8 nitrogen and oxygen atoms in total. The summed E-state index contributed by atoms with van der Waals surface area (Å²) in [7, 11) is 0. The second kappa shape index (κ2) is 9.67. The first-order chi connectivity index (χ1) is 18.2. The molecule has 0 unspecified atom stereocenters. The van der Waals surface area contributed by atoms with Gasteiger partial charge in [-0.25, -0.2) is 9.97 Å². The number of aryl methyl sites for hydroxylation is 2. The van der Waals surface area contributed by atoms with Gasteiger partial charge in [0.05, 0.1) is 47.1 Å². The summed E-state index contributed by atoms with van der Waals surface area (Å²) >= 11 is 6.13. The number of pyridine rings is 2. The predicted molar refractivity (Wildman–Crippen MR) is 146 cm³/mol. The molecule has 5 heterocycles. The molecule has 0 radical (unpaired) electrons. The van der Waals surface area contributed by atoms with Crippen LogP contribution in [0.1, 0.15) is 78.3 Å². The summed E-state index contributed by atoms with van der Waals surface area (Å²) < 4.78 is 5.78. The van der Waals surface area contributed by atoms with Gasteiger partial charge in [-0.15, -0.1) is 0 Å². The molecule has 38 heavy (non-hydrogen) atoms. The number of carbonyl (C=O) groups is 1. The largest absolute Gasteiger partial charge is 0.390 e. The number of carbonyl (C=O) groups excluding carboxylic acids is 1. The lowest BCUT2D eigenvalue weighted by Crippen LogP contribution is -2.19. The molecule has 1 aliphatic rings. The van der Waals surface area contributed by atoms with Gasteiger partial charge in [0.15, 0.2) is 5.78 Å². The van der Waals surface area contributed by atoms with E-state index in [1.807, 2.05) is 42.8 Å². The summed E-state index contributed by atoms with van der Waals surface area (Å²) in [6, 6.07) is 5.94. The van der Waals surface area contributed by atoms with E-state index >= 15 is 0 Å².